The first-order chi connectivity index (χ1) is 20.3. The molecule has 5 heterocycles. The summed E-state index contributed by atoms with van der Waals surface area (Å²) in [4.78, 5) is 29.5. The Kier molecular flexibility index (Phi) is 6.97. The first-order valence-corrected chi connectivity index (χ1v) is 14.4. The number of carbonyl (C=O) groups is 2. The number of anilines is 1. The van der Waals surface area contributed by atoms with Gasteiger partial charge in [-0.1, -0.05) is 6.08 Å². The van der Waals surface area contributed by atoms with Gasteiger partial charge in [0.05, 0.1) is 25.7 Å². The Bertz CT molecular complexity index is 1640. The Hall–Kier alpha value is -4.35. The van der Waals surface area contributed by atoms with E-state index in [1.165, 1.54) is 17.3 Å². The maximum atomic E-state index is 15.4. The summed E-state index contributed by atoms with van der Waals surface area (Å²) in [5.74, 6) is 0.637. The summed E-state index contributed by atoms with van der Waals surface area (Å²) in [6.45, 7) is 12.1. The van der Waals surface area contributed by atoms with Gasteiger partial charge in [0.15, 0.2) is 17.2 Å². The van der Waals surface area contributed by atoms with Gasteiger partial charge in [-0.25, -0.2) is 14.0 Å². The van der Waals surface area contributed by atoms with Crippen molar-refractivity contribution in [2.75, 3.05) is 31.2 Å². The number of hydrogen-bond acceptors (Lipinski definition) is 8. The van der Waals surface area contributed by atoms with E-state index in [4.69, 9.17) is 18.9 Å². The van der Waals surface area contributed by atoms with Crippen LogP contribution in [0, 0.1) is 5.82 Å². The molecular formula is C31H36FN5O6. The van der Waals surface area contributed by atoms with Crippen LogP contribution in [0.25, 0.3) is 11.2 Å². The van der Waals surface area contributed by atoms with Crippen LogP contribution in [0.15, 0.2) is 30.6 Å². The molecule has 0 unspecified atom stereocenters. The molecule has 12 heteroatoms. The van der Waals surface area contributed by atoms with Gasteiger partial charge in [-0.15, -0.1) is 10.2 Å². The number of amides is 2. The predicted molar refractivity (Wildman–Crippen MR) is 156 cm³/mol. The van der Waals surface area contributed by atoms with Gasteiger partial charge < -0.3 is 23.8 Å². The summed E-state index contributed by atoms with van der Waals surface area (Å²) in [5.41, 5.74) is 1.86. The predicted octanol–water partition coefficient (Wildman–Crippen LogP) is 5.70. The third kappa shape index (κ3) is 5.57. The van der Waals surface area contributed by atoms with E-state index in [9.17, 15) is 9.59 Å². The number of nitrogens with zero attached hydrogens (tertiary/aromatic N) is 5. The molecule has 3 aromatic rings. The summed E-state index contributed by atoms with van der Waals surface area (Å²) in [6, 6.07) is 4.81. The summed E-state index contributed by atoms with van der Waals surface area (Å²) in [7, 11) is 0. The molecule has 0 radical (unpaired) electrons. The zero-order valence-electron chi connectivity index (χ0n) is 25.3. The smallest absolute Gasteiger partial charge is 0.416 e. The van der Waals surface area contributed by atoms with Crippen LogP contribution in [0.1, 0.15) is 70.6 Å². The van der Waals surface area contributed by atoms with Crippen molar-refractivity contribution in [1.82, 2.24) is 19.5 Å². The lowest BCUT2D eigenvalue weighted by Gasteiger charge is -2.31. The Morgan fingerprint density at radius 1 is 1.00 bits per heavy atom. The van der Waals surface area contributed by atoms with E-state index in [1.807, 2.05) is 32.9 Å². The van der Waals surface area contributed by atoms with Crippen molar-refractivity contribution >= 4 is 29.2 Å². The molecule has 0 N–H and O–H groups in total. The zero-order valence-corrected chi connectivity index (χ0v) is 25.3. The minimum Gasteiger partial charge on any atom is -0.493 e. The number of fused-ring (bicyclic) bond motifs is 3. The second-order valence-corrected chi connectivity index (χ2v) is 13.0. The SMILES string of the molecule is CC(C)(C)OC(=O)N1CC=C(c2cc3c(n4cnnc24)N(C(=O)OC(C)(C)C)Cc2c(F)ccc4c2[C@H](CO4)CO3)CC1. The fourth-order valence-corrected chi connectivity index (χ4v) is 5.61. The summed E-state index contributed by atoms with van der Waals surface area (Å²) in [6.07, 6.45) is 2.98. The van der Waals surface area contributed by atoms with E-state index in [-0.39, 0.29) is 25.2 Å². The fourth-order valence-electron chi connectivity index (χ4n) is 5.61. The van der Waals surface area contributed by atoms with Gasteiger partial charge in [0, 0.05) is 29.8 Å². The monoisotopic (exact) mass is 593 g/mol. The Labute approximate surface area is 249 Å². The molecule has 228 valence electrons. The average molecular weight is 594 g/mol. The summed E-state index contributed by atoms with van der Waals surface area (Å²) < 4.78 is 40.8. The fraction of sp³-hybridized carbons (Fsp3) is 0.484. The third-order valence-electron chi connectivity index (χ3n) is 7.45. The summed E-state index contributed by atoms with van der Waals surface area (Å²) >= 11 is 0. The minimum absolute atomic E-state index is 0.111. The first kappa shape index (κ1) is 28.8. The van der Waals surface area contributed by atoms with Crippen molar-refractivity contribution in [3.8, 4) is 11.5 Å². The van der Waals surface area contributed by atoms with Gasteiger partial charge in [0.1, 0.15) is 29.1 Å². The van der Waals surface area contributed by atoms with Crippen molar-refractivity contribution in [2.24, 2.45) is 0 Å². The Morgan fingerprint density at radius 3 is 2.37 bits per heavy atom. The molecule has 0 aliphatic carbocycles. The standard InChI is InChI=1S/C31H36FN5O6/c1-30(2,3)42-28(38)35-11-9-18(10-12-35)20-13-24-27(37-17-33-34-26(20)37)36(29(39)43-31(4,5)6)14-21-22(32)7-8-23-25(21)19(15-40-23)16-41-24/h7-9,13,17,19H,10-12,14-16H2,1-6H3/t19-/m1/s1. The van der Waals surface area contributed by atoms with E-state index in [2.05, 4.69) is 10.2 Å². The van der Waals surface area contributed by atoms with E-state index >= 15 is 4.39 Å². The van der Waals surface area contributed by atoms with Crippen LogP contribution in [-0.4, -0.2) is 69.2 Å². The Morgan fingerprint density at radius 2 is 1.70 bits per heavy atom. The highest BCUT2D eigenvalue weighted by molar-refractivity contribution is 5.91. The van der Waals surface area contributed by atoms with Crippen molar-refractivity contribution in [1.29, 1.82) is 0 Å². The number of benzene rings is 1. The molecule has 6 rings (SSSR count). The molecular weight excluding hydrogens is 557 g/mol. The lowest BCUT2D eigenvalue weighted by Crippen LogP contribution is -2.39. The number of aromatic nitrogens is 3. The van der Waals surface area contributed by atoms with E-state index < -0.39 is 23.1 Å². The maximum absolute atomic E-state index is 15.4. The van der Waals surface area contributed by atoms with E-state index in [0.717, 1.165) is 11.1 Å². The second-order valence-electron chi connectivity index (χ2n) is 13.0. The molecule has 3 aliphatic rings. The molecule has 0 saturated heterocycles. The lowest BCUT2D eigenvalue weighted by atomic mass is 9.95. The van der Waals surface area contributed by atoms with Gasteiger partial charge in [-0.2, -0.15) is 0 Å². The van der Waals surface area contributed by atoms with Crippen molar-refractivity contribution in [2.45, 2.75) is 71.6 Å². The molecule has 43 heavy (non-hydrogen) atoms. The van der Waals surface area contributed by atoms with Gasteiger partial charge in [0.25, 0.3) is 0 Å². The molecule has 11 nitrogen and oxygen atoms in total. The van der Waals surface area contributed by atoms with Crippen molar-refractivity contribution < 1.29 is 32.9 Å². The van der Waals surface area contributed by atoms with E-state index in [1.54, 1.807) is 36.1 Å². The number of halogens is 1. The molecule has 0 spiro atoms. The number of hydrogen-bond donors (Lipinski definition) is 0. The van der Waals surface area contributed by atoms with E-state index in [0.29, 0.717) is 60.2 Å². The summed E-state index contributed by atoms with van der Waals surface area (Å²) in [5, 5.41) is 8.56. The molecule has 3 aliphatic heterocycles. The largest absolute Gasteiger partial charge is 0.493 e. The topological polar surface area (TPSA) is 108 Å². The Balaban J connectivity index is 1.45. The van der Waals surface area contributed by atoms with Crippen LogP contribution in [0.4, 0.5) is 19.8 Å². The maximum Gasteiger partial charge on any atom is 0.416 e. The van der Waals surface area contributed by atoms with Crippen LogP contribution in [0.5, 0.6) is 11.5 Å². The molecule has 0 fully saturated rings. The van der Waals surface area contributed by atoms with Gasteiger partial charge >= 0.3 is 12.2 Å². The quantitative estimate of drug-likeness (QED) is 0.354. The van der Waals surface area contributed by atoms with Gasteiger partial charge in [0.2, 0.25) is 0 Å². The minimum atomic E-state index is -0.807. The van der Waals surface area contributed by atoms with Crippen molar-refractivity contribution in [3.05, 3.63) is 53.1 Å². The number of ether oxygens (including phenoxy) is 4. The van der Waals surface area contributed by atoms with Crippen LogP contribution in [0.2, 0.25) is 0 Å². The number of carbonyl (C=O) groups excluding carboxylic acids is 2. The molecule has 0 bridgehead atoms. The van der Waals surface area contributed by atoms with Gasteiger partial charge in [-0.05, 0) is 71.7 Å². The first-order valence-electron chi connectivity index (χ1n) is 14.4. The van der Waals surface area contributed by atoms with Crippen LogP contribution >= 0.6 is 0 Å². The van der Waals surface area contributed by atoms with Crippen LogP contribution in [0.3, 0.4) is 0 Å². The normalized spacial score (nSPS) is 18.4. The zero-order chi connectivity index (χ0) is 30.7. The van der Waals surface area contributed by atoms with Gasteiger partial charge in [-0.3, -0.25) is 9.30 Å². The highest BCUT2D eigenvalue weighted by Gasteiger charge is 2.37. The number of rotatable bonds is 1. The molecule has 2 aromatic heterocycles. The van der Waals surface area contributed by atoms with Crippen molar-refractivity contribution in [3.63, 3.8) is 0 Å². The number of pyridine rings is 1. The molecule has 0 saturated carbocycles. The third-order valence-corrected chi connectivity index (χ3v) is 7.45. The van der Waals surface area contributed by atoms with Crippen LogP contribution in [-0.2, 0) is 16.0 Å². The van der Waals surface area contributed by atoms with Crippen LogP contribution < -0.4 is 14.4 Å². The average Bonchev–Trinajstić information content (AvgIpc) is 3.57. The second kappa shape index (κ2) is 10.4. The molecule has 1 aromatic carbocycles. The molecule has 2 amide bonds. The highest BCUT2D eigenvalue weighted by Crippen LogP contribution is 2.44. The molecule has 1 atom stereocenters. The lowest BCUT2D eigenvalue weighted by molar-refractivity contribution is 0.0270. The highest BCUT2D eigenvalue weighted by atomic mass is 19.1.